The number of ether oxygens (including phenoxy) is 1. The topological polar surface area (TPSA) is 74.8 Å². The van der Waals surface area contributed by atoms with Gasteiger partial charge in [0, 0.05) is 12.6 Å². The molecule has 0 N–H and O–H groups in total. The molecular weight excluding hydrogens is 378 g/mol. The molecule has 0 atom stereocenters. The van der Waals surface area contributed by atoms with Crippen LogP contribution < -0.4 is 10.3 Å². The summed E-state index contributed by atoms with van der Waals surface area (Å²) < 4.78 is 9.03. The molecule has 0 aliphatic rings. The van der Waals surface area contributed by atoms with Gasteiger partial charge in [0.25, 0.3) is 5.56 Å². The molecular formula is C23H21N5O2. The Labute approximate surface area is 172 Å². The summed E-state index contributed by atoms with van der Waals surface area (Å²) in [4.78, 5) is 28.0. The predicted molar refractivity (Wildman–Crippen MR) is 118 cm³/mol. The van der Waals surface area contributed by atoms with Gasteiger partial charge in [-0.3, -0.25) is 13.9 Å². The van der Waals surface area contributed by atoms with E-state index < -0.39 is 0 Å². The lowest BCUT2D eigenvalue weighted by Gasteiger charge is -2.10. The van der Waals surface area contributed by atoms with E-state index in [-0.39, 0.29) is 5.56 Å². The smallest absolute Gasteiger partial charge is 0.265 e. The summed E-state index contributed by atoms with van der Waals surface area (Å²) in [5.41, 5.74) is 3.97. The van der Waals surface area contributed by atoms with Gasteiger partial charge < -0.3 is 4.74 Å². The number of para-hydroxylation sites is 2. The summed E-state index contributed by atoms with van der Waals surface area (Å²) in [6.45, 7) is 4.52. The Hall–Kier alpha value is -3.74. The molecule has 5 rings (SSSR count). The number of aromatic nitrogens is 5. The van der Waals surface area contributed by atoms with Gasteiger partial charge in [-0.2, -0.15) is 0 Å². The van der Waals surface area contributed by atoms with Crippen molar-refractivity contribution in [2.75, 3.05) is 7.11 Å². The summed E-state index contributed by atoms with van der Waals surface area (Å²) in [7, 11) is 1.63. The maximum atomic E-state index is 13.5. The van der Waals surface area contributed by atoms with Crippen LogP contribution >= 0.6 is 0 Å². The number of hydrogen-bond acceptors (Lipinski definition) is 5. The maximum absolute atomic E-state index is 13.5. The lowest BCUT2D eigenvalue weighted by Crippen LogP contribution is -2.24. The highest BCUT2D eigenvalue weighted by atomic mass is 16.5. The van der Waals surface area contributed by atoms with Gasteiger partial charge in [-0.15, -0.1) is 0 Å². The zero-order valence-electron chi connectivity index (χ0n) is 17.1. The standard InChI is InChI=1S/C23H21N5O2/c1-4-12-27-14(2)24-21-19(23(27)29)20-22(26-18-11-6-5-10-17(18)25-20)28(21)15-8-7-9-16(13-15)30-3/h5-11,13H,4,12H2,1-3H3. The molecule has 7 heteroatoms. The number of rotatable bonds is 4. The van der Waals surface area contributed by atoms with Crippen molar-refractivity contribution in [3.63, 3.8) is 0 Å². The molecule has 3 heterocycles. The molecule has 0 unspecified atom stereocenters. The minimum atomic E-state index is -0.0874. The Morgan fingerprint density at radius 2 is 1.73 bits per heavy atom. The molecule has 0 radical (unpaired) electrons. The van der Waals surface area contributed by atoms with Gasteiger partial charge in [-0.05, 0) is 37.6 Å². The first-order valence-electron chi connectivity index (χ1n) is 9.95. The van der Waals surface area contributed by atoms with E-state index in [1.54, 1.807) is 11.7 Å². The fourth-order valence-electron chi connectivity index (χ4n) is 3.91. The highest BCUT2D eigenvalue weighted by Crippen LogP contribution is 2.29. The Morgan fingerprint density at radius 3 is 2.47 bits per heavy atom. The third-order valence-electron chi connectivity index (χ3n) is 5.31. The first-order chi connectivity index (χ1) is 14.6. The average molecular weight is 399 g/mol. The van der Waals surface area contributed by atoms with Crippen LogP contribution in [0.2, 0.25) is 0 Å². The molecule has 0 spiro atoms. The normalized spacial score (nSPS) is 11.6. The summed E-state index contributed by atoms with van der Waals surface area (Å²) in [5.74, 6) is 1.39. The van der Waals surface area contributed by atoms with Crippen LogP contribution in [-0.2, 0) is 6.54 Å². The largest absolute Gasteiger partial charge is 0.497 e. The van der Waals surface area contributed by atoms with Gasteiger partial charge in [0.2, 0.25) is 0 Å². The molecule has 0 bridgehead atoms. The highest BCUT2D eigenvalue weighted by molar-refractivity contribution is 6.05. The molecule has 2 aromatic carbocycles. The third-order valence-corrected chi connectivity index (χ3v) is 5.31. The van der Waals surface area contributed by atoms with Crippen LogP contribution in [-0.4, -0.2) is 31.2 Å². The van der Waals surface area contributed by atoms with Crippen molar-refractivity contribution >= 4 is 33.2 Å². The Bertz CT molecular complexity index is 1480. The van der Waals surface area contributed by atoms with Crippen LogP contribution in [0, 0.1) is 6.92 Å². The molecule has 7 nitrogen and oxygen atoms in total. The maximum Gasteiger partial charge on any atom is 0.265 e. The van der Waals surface area contributed by atoms with Gasteiger partial charge in [0.05, 0.1) is 23.8 Å². The second-order valence-electron chi connectivity index (χ2n) is 7.24. The molecule has 5 aromatic rings. The van der Waals surface area contributed by atoms with Crippen molar-refractivity contribution in [1.82, 2.24) is 24.1 Å². The van der Waals surface area contributed by atoms with E-state index in [0.29, 0.717) is 40.3 Å². The van der Waals surface area contributed by atoms with Crippen LogP contribution in [0.4, 0.5) is 0 Å². The van der Waals surface area contributed by atoms with Crippen LogP contribution in [0.5, 0.6) is 5.75 Å². The number of fused-ring (bicyclic) bond motifs is 4. The summed E-state index contributed by atoms with van der Waals surface area (Å²) in [6, 6.07) is 15.3. The lowest BCUT2D eigenvalue weighted by molar-refractivity contribution is 0.414. The van der Waals surface area contributed by atoms with Crippen molar-refractivity contribution in [2.24, 2.45) is 0 Å². The quantitative estimate of drug-likeness (QED) is 0.456. The van der Waals surface area contributed by atoms with E-state index in [9.17, 15) is 4.79 Å². The van der Waals surface area contributed by atoms with E-state index in [0.717, 1.165) is 23.1 Å². The molecule has 30 heavy (non-hydrogen) atoms. The first-order valence-corrected chi connectivity index (χ1v) is 9.95. The number of benzene rings is 2. The fraction of sp³-hybridized carbons (Fsp3) is 0.217. The zero-order chi connectivity index (χ0) is 20.8. The molecule has 3 aromatic heterocycles. The predicted octanol–water partition coefficient (Wildman–Crippen LogP) is 4.01. The van der Waals surface area contributed by atoms with Crippen LogP contribution in [0.15, 0.2) is 53.3 Å². The Kier molecular flexibility index (Phi) is 4.24. The SMILES string of the molecule is CCCn1c(C)nc2c(c1=O)c1nc3ccccc3nc1n2-c1cccc(OC)c1. The highest BCUT2D eigenvalue weighted by Gasteiger charge is 2.22. The minimum Gasteiger partial charge on any atom is -0.497 e. The number of hydrogen-bond donors (Lipinski definition) is 0. The van der Waals surface area contributed by atoms with Crippen LogP contribution in [0.3, 0.4) is 0 Å². The summed E-state index contributed by atoms with van der Waals surface area (Å²) in [6.07, 6.45) is 0.844. The van der Waals surface area contributed by atoms with Gasteiger partial charge in [-0.1, -0.05) is 25.1 Å². The Balaban J connectivity index is 2.00. The van der Waals surface area contributed by atoms with Crippen molar-refractivity contribution in [1.29, 1.82) is 0 Å². The Morgan fingerprint density at radius 1 is 0.967 bits per heavy atom. The molecule has 0 aliphatic heterocycles. The number of aryl methyl sites for hydroxylation is 1. The molecule has 150 valence electrons. The second-order valence-corrected chi connectivity index (χ2v) is 7.24. The average Bonchev–Trinajstić information content (AvgIpc) is 3.07. The van der Waals surface area contributed by atoms with Crippen LogP contribution in [0.1, 0.15) is 19.2 Å². The minimum absolute atomic E-state index is 0.0874. The molecule has 0 aliphatic carbocycles. The van der Waals surface area contributed by atoms with Crippen LogP contribution in [0.25, 0.3) is 38.9 Å². The van der Waals surface area contributed by atoms with E-state index in [2.05, 4.69) is 0 Å². The van der Waals surface area contributed by atoms with Gasteiger partial charge in [0.1, 0.15) is 22.5 Å². The van der Waals surface area contributed by atoms with E-state index in [1.165, 1.54) is 0 Å². The number of nitrogens with zero attached hydrogens (tertiary/aromatic N) is 5. The molecule has 0 fully saturated rings. The monoisotopic (exact) mass is 399 g/mol. The number of methoxy groups -OCH3 is 1. The van der Waals surface area contributed by atoms with Gasteiger partial charge in [-0.25, -0.2) is 15.0 Å². The summed E-state index contributed by atoms with van der Waals surface area (Å²) >= 11 is 0. The van der Waals surface area contributed by atoms with Gasteiger partial charge in [0.15, 0.2) is 11.3 Å². The molecule has 0 saturated carbocycles. The third kappa shape index (κ3) is 2.66. The second kappa shape index (κ2) is 6.95. The van der Waals surface area contributed by atoms with E-state index in [1.807, 2.05) is 66.9 Å². The van der Waals surface area contributed by atoms with Crippen molar-refractivity contribution in [3.05, 3.63) is 64.7 Å². The fourth-order valence-corrected chi connectivity index (χ4v) is 3.91. The van der Waals surface area contributed by atoms with E-state index in [4.69, 9.17) is 19.7 Å². The van der Waals surface area contributed by atoms with Crippen molar-refractivity contribution < 1.29 is 4.74 Å². The first kappa shape index (κ1) is 18.3. The molecule has 0 amide bonds. The van der Waals surface area contributed by atoms with Crippen molar-refractivity contribution in [3.8, 4) is 11.4 Å². The summed E-state index contributed by atoms with van der Waals surface area (Å²) in [5, 5.41) is 0.491. The zero-order valence-corrected chi connectivity index (χ0v) is 17.1. The lowest BCUT2D eigenvalue weighted by atomic mass is 10.3. The molecule has 0 saturated heterocycles. The van der Waals surface area contributed by atoms with Gasteiger partial charge >= 0.3 is 0 Å². The van der Waals surface area contributed by atoms with Crippen molar-refractivity contribution in [2.45, 2.75) is 26.8 Å². The van der Waals surface area contributed by atoms with E-state index >= 15 is 0 Å².